The molecule has 0 bridgehead atoms. The van der Waals surface area contributed by atoms with Crippen LogP contribution in [0.2, 0.25) is 0 Å². The number of carbonyl (C=O) groups is 1. The summed E-state index contributed by atoms with van der Waals surface area (Å²) in [5, 5.41) is 0. The van der Waals surface area contributed by atoms with Crippen molar-refractivity contribution in [2.24, 2.45) is 0 Å². The van der Waals surface area contributed by atoms with Crippen molar-refractivity contribution in [2.75, 3.05) is 40.0 Å². The van der Waals surface area contributed by atoms with Gasteiger partial charge < -0.3 is 14.4 Å². The normalized spacial score (nSPS) is 25.6. The summed E-state index contributed by atoms with van der Waals surface area (Å²) in [4.78, 5) is 21.6. The molecule has 1 aromatic rings. The van der Waals surface area contributed by atoms with Gasteiger partial charge in [0.05, 0.1) is 19.3 Å². The SMILES string of the molecule is COCCOC1CN(C2CCN(C(=O)c3ccccn3)CC2)C12CCCCC2. The van der Waals surface area contributed by atoms with Gasteiger partial charge in [-0.2, -0.15) is 0 Å². The molecule has 1 spiro atoms. The third-order valence-electron chi connectivity index (χ3n) is 6.94. The van der Waals surface area contributed by atoms with E-state index >= 15 is 0 Å². The number of carbonyl (C=O) groups excluding carboxylic acids is 1. The molecule has 154 valence electrons. The second-order valence-corrected chi connectivity index (χ2v) is 8.41. The number of amides is 1. The summed E-state index contributed by atoms with van der Waals surface area (Å²) in [6, 6.07) is 6.10. The highest BCUT2D eigenvalue weighted by molar-refractivity contribution is 5.92. The lowest BCUT2D eigenvalue weighted by Crippen LogP contribution is -2.75. The second-order valence-electron chi connectivity index (χ2n) is 8.41. The van der Waals surface area contributed by atoms with Crippen LogP contribution in [0.1, 0.15) is 55.4 Å². The number of hydrogen-bond acceptors (Lipinski definition) is 5. The number of nitrogens with zero attached hydrogens (tertiary/aromatic N) is 3. The molecule has 1 atom stereocenters. The maximum Gasteiger partial charge on any atom is 0.272 e. The Kier molecular flexibility index (Phi) is 6.28. The molecule has 1 aromatic heterocycles. The molecule has 3 fully saturated rings. The van der Waals surface area contributed by atoms with Gasteiger partial charge in [-0.05, 0) is 37.8 Å². The zero-order chi connectivity index (χ0) is 19.4. The molecule has 1 saturated carbocycles. The van der Waals surface area contributed by atoms with Gasteiger partial charge in [0.25, 0.3) is 5.91 Å². The Labute approximate surface area is 168 Å². The predicted octanol–water partition coefficient (Wildman–Crippen LogP) is 2.74. The first-order chi connectivity index (χ1) is 13.7. The third-order valence-corrected chi connectivity index (χ3v) is 6.94. The summed E-state index contributed by atoms with van der Waals surface area (Å²) < 4.78 is 11.4. The molecule has 0 N–H and O–H groups in total. The number of aromatic nitrogens is 1. The van der Waals surface area contributed by atoms with Crippen LogP contribution in [-0.2, 0) is 9.47 Å². The predicted molar refractivity (Wildman–Crippen MR) is 107 cm³/mol. The zero-order valence-corrected chi connectivity index (χ0v) is 17.0. The van der Waals surface area contributed by atoms with Crippen LogP contribution in [0.25, 0.3) is 0 Å². The van der Waals surface area contributed by atoms with Crippen molar-refractivity contribution in [3.63, 3.8) is 0 Å². The van der Waals surface area contributed by atoms with Gasteiger partial charge in [-0.1, -0.05) is 25.3 Å². The average Bonchev–Trinajstić information content (AvgIpc) is 2.76. The fourth-order valence-corrected chi connectivity index (χ4v) is 5.40. The van der Waals surface area contributed by atoms with Crippen LogP contribution >= 0.6 is 0 Å². The monoisotopic (exact) mass is 387 g/mol. The van der Waals surface area contributed by atoms with E-state index in [2.05, 4.69) is 9.88 Å². The van der Waals surface area contributed by atoms with Crippen LogP contribution in [0.15, 0.2) is 24.4 Å². The molecule has 28 heavy (non-hydrogen) atoms. The molecule has 1 unspecified atom stereocenters. The first-order valence-electron chi connectivity index (χ1n) is 10.8. The lowest BCUT2D eigenvalue weighted by Gasteiger charge is -2.63. The summed E-state index contributed by atoms with van der Waals surface area (Å²) in [6.07, 6.45) is 10.6. The summed E-state index contributed by atoms with van der Waals surface area (Å²) >= 11 is 0. The fraction of sp³-hybridized carbons (Fsp3) is 0.727. The fourth-order valence-electron chi connectivity index (χ4n) is 5.40. The summed E-state index contributed by atoms with van der Waals surface area (Å²) in [5.41, 5.74) is 0.782. The molecule has 2 aliphatic heterocycles. The largest absolute Gasteiger partial charge is 0.382 e. The lowest BCUT2D eigenvalue weighted by atomic mass is 9.69. The minimum atomic E-state index is 0.0656. The Bertz CT molecular complexity index is 640. The van der Waals surface area contributed by atoms with Crippen molar-refractivity contribution < 1.29 is 14.3 Å². The number of pyridine rings is 1. The Morgan fingerprint density at radius 1 is 1.18 bits per heavy atom. The number of piperidine rings is 1. The van der Waals surface area contributed by atoms with Gasteiger partial charge in [0.15, 0.2) is 0 Å². The highest BCUT2D eigenvalue weighted by Crippen LogP contribution is 2.47. The van der Waals surface area contributed by atoms with E-state index in [9.17, 15) is 4.79 Å². The van der Waals surface area contributed by atoms with E-state index in [1.54, 1.807) is 13.3 Å². The maximum atomic E-state index is 12.7. The number of methoxy groups -OCH3 is 1. The van der Waals surface area contributed by atoms with E-state index in [1.807, 2.05) is 23.1 Å². The third kappa shape index (κ3) is 3.82. The van der Waals surface area contributed by atoms with Gasteiger partial charge in [-0.15, -0.1) is 0 Å². The standard InChI is InChI=1S/C22H33N3O3/c1-27-15-16-28-20-17-25(22(20)10-4-2-5-11-22)18-8-13-24(14-9-18)21(26)19-7-3-6-12-23-19/h3,6-7,12,18,20H,2,4-5,8-11,13-17H2,1H3. The van der Waals surface area contributed by atoms with Gasteiger partial charge in [-0.3, -0.25) is 14.7 Å². The smallest absolute Gasteiger partial charge is 0.272 e. The minimum absolute atomic E-state index is 0.0656. The number of likely N-dealkylation sites (tertiary alicyclic amines) is 2. The van der Waals surface area contributed by atoms with E-state index in [0.29, 0.717) is 31.1 Å². The quantitative estimate of drug-likeness (QED) is 0.703. The van der Waals surface area contributed by atoms with Crippen molar-refractivity contribution in [2.45, 2.75) is 62.6 Å². The van der Waals surface area contributed by atoms with Gasteiger partial charge >= 0.3 is 0 Å². The van der Waals surface area contributed by atoms with Crippen molar-refractivity contribution in [3.8, 4) is 0 Å². The average molecular weight is 388 g/mol. The molecule has 6 nitrogen and oxygen atoms in total. The summed E-state index contributed by atoms with van der Waals surface area (Å²) in [7, 11) is 1.73. The Morgan fingerprint density at radius 2 is 1.96 bits per heavy atom. The molecular formula is C22H33N3O3. The van der Waals surface area contributed by atoms with Crippen LogP contribution < -0.4 is 0 Å². The van der Waals surface area contributed by atoms with Crippen molar-refractivity contribution in [1.82, 2.24) is 14.8 Å². The number of ether oxygens (including phenoxy) is 2. The molecule has 1 aliphatic carbocycles. The Morgan fingerprint density at radius 3 is 2.64 bits per heavy atom. The Balaban J connectivity index is 1.35. The molecule has 3 aliphatic rings. The van der Waals surface area contributed by atoms with Crippen LogP contribution in [0.5, 0.6) is 0 Å². The molecular weight excluding hydrogens is 354 g/mol. The zero-order valence-electron chi connectivity index (χ0n) is 17.0. The van der Waals surface area contributed by atoms with Gasteiger partial charge in [0.1, 0.15) is 5.69 Å². The number of hydrogen-bond donors (Lipinski definition) is 0. The van der Waals surface area contributed by atoms with E-state index in [-0.39, 0.29) is 11.4 Å². The highest BCUT2D eigenvalue weighted by Gasteiger charge is 2.56. The van der Waals surface area contributed by atoms with Crippen LogP contribution in [0, 0.1) is 0 Å². The van der Waals surface area contributed by atoms with Crippen molar-refractivity contribution >= 4 is 5.91 Å². The second kappa shape index (κ2) is 8.89. The summed E-state index contributed by atoms with van der Waals surface area (Å²) in [6.45, 7) is 4.03. The van der Waals surface area contributed by atoms with E-state index in [4.69, 9.17) is 9.47 Å². The number of rotatable bonds is 6. The van der Waals surface area contributed by atoms with Crippen LogP contribution in [-0.4, -0.2) is 78.3 Å². The topological polar surface area (TPSA) is 54.9 Å². The van der Waals surface area contributed by atoms with Crippen molar-refractivity contribution in [1.29, 1.82) is 0 Å². The van der Waals surface area contributed by atoms with E-state index in [1.165, 1.54) is 32.1 Å². The van der Waals surface area contributed by atoms with Gasteiger partial charge in [0.2, 0.25) is 0 Å². The molecule has 2 saturated heterocycles. The van der Waals surface area contributed by atoms with Crippen LogP contribution in [0.4, 0.5) is 0 Å². The maximum absolute atomic E-state index is 12.7. The van der Waals surface area contributed by atoms with E-state index < -0.39 is 0 Å². The van der Waals surface area contributed by atoms with Gasteiger partial charge in [-0.25, -0.2) is 0 Å². The molecule has 0 aromatic carbocycles. The van der Waals surface area contributed by atoms with Crippen molar-refractivity contribution in [3.05, 3.63) is 30.1 Å². The minimum Gasteiger partial charge on any atom is -0.382 e. The van der Waals surface area contributed by atoms with E-state index in [0.717, 1.165) is 32.5 Å². The molecule has 6 heteroatoms. The first kappa shape index (κ1) is 19.8. The first-order valence-corrected chi connectivity index (χ1v) is 10.8. The van der Waals surface area contributed by atoms with Gasteiger partial charge in [0, 0.05) is 44.5 Å². The molecule has 3 heterocycles. The molecule has 4 rings (SSSR count). The Hall–Kier alpha value is -1.50. The molecule has 1 amide bonds. The van der Waals surface area contributed by atoms with Crippen LogP contribution in [0.3, 0.4) is 0 Å². The molecule has 0 radical (unpaired) electrons. The summed E-state index contributed by atoms with van der Waals surface area (Å²) in [5.74, 6) is 0.0656. The highest BCUT2D eigenvalue weighted by atomic mass is 16.5. The lowest BCUT2D eigenvalue weighted by molar-refractivity contribution is -0.203.